The third kappa shape index (κ3) is 4.93. The van der Waals surface area contributed by atoms with E-state index in [4.69, 9.17) is 22.7 Å². The Morgan fingerprint density at radius 1 is 1.41 bits per heavy atom. The summed E-state index contributed by atoms with van der Waals surface area (Å²) < 4.78 is 5.18. The van der Waals surface area contributed by atoms with Crippen LogP contribution in [0.25, 0.3) is 0 Å². The molecule has 0 fully saturated rings. The molecule has 0 aliphatic carbocycles. The molecule has 0 aliphatic heterocycles. The minimum atomic E-state index is -0.179. The SMILES string of the molecule is CC(C)OCC(=O)Nc1ccc(C(N)=S)cc1. The lowest BCUT2D eigenvalue weighted by Gasteiger charge is -2.08. The number of benzene rings is 1. The first-order chi connectivity index (χ1) is 7.99. The van der Waals surface area contributed by atoms with Crippen molar-refractivity contribution in [2.24, 2.45) is 5.73 Å². The zero-order valence-electron chi connectivity index (χ0n) is 9.90. The van der Waals surface area contributed by atoms with Crippen molar-refractivity contribution in [1.29, 1.82) is 0 Å². The number of ether oxygens (including phenoxy) is 1. The van der Waals surface area contributed by atoms with E-state index in [0.29, 0.717) is 10.7 Å². The smallest absolute Gasteiger partial charge is 0.250 e. The Bertz CT molecular complexity index is 401. The van der Waals surface area contributed by atoms with Crippen LogP contribution in [0.15, 0.2) is 24.3 Å². The molecular weight excluding hydrogens is 236 g/mol. The van der Waals surface area contributed by atoms with Gasteiger partial charge in [0.1, 0.15) is 11.6 Å². The molecular formula is C12H16N2O2S. The third-order valence-corrected chi connectivity index (χ3v) is 2.24. The minimum absolute atomic E-state index is 0.0396. The predicted octanol–water partition coefficient (Wildman–Crippen LogP) is 1.68. The van der Waals surface area contributed by atoms with Gasteiger partial charge in [-0.3, -0.25) is 4.79 Å². The molecule has 92 valence electrons. The molecule has 1 rings (SSSR count). The number of carbonyl (C=O) groups is 1. The lowest BCUT2D eigenvalue weighted by Crippen LogP contribution is -2.20. The number of nitrogens with two attached hydrogens (primary N) is 1. The number of rotatable bonds is 5. The van der Waals surface area contributed by atoms with Gasteiger partial charge < -0.3 is 15.8 Å². The molecule has 0 saturated carbocycles. The molecule has 1 amide bonds. The van der Waals surface area contributed by atoms with Crippen LogP contribution in [0, 0.1) is 0 Å². The van der Waals surface area contributed by atoms with Gasteiger partial charge in [-0.15, -0.1) is 0 Å². The number of hydrogen-bond acceptors (Lipinski definition) is 3. The van der Waals surface area contributed by atoms with Gasteiger partial charge in [0.05, 0.1) is 6.10 Å². The Balaban J connectivity index is 2.51. The summed E-state index contributed by atoms with van der Waals surface area (Å²) in [5, 5.41) is 2.72. The number of carbonyl (C=O) groups excluding carboxylic acids is 1. The standard InChI is InChI=1S/C12H16N2O2S/c1-8(2)16-7-11(15)14-10-5-3-9(4-6-10)12(13)17/h3-6,8H,7H2,1-2H3,(H2,13,17)(H,14,15). The van der Waals surface area contributed by atoms with Gasteiger partial charge in [-0.2, -0.15) is 0 Å². The molecule has 0 radical (unpaired) electrons. The Morgan fingerprint density at radius 3 is 2.47 bits per heavy atom. The molecule has 1 aromatic rings. The Hall–Kier alpha value is -1.46. The van der Waals surface area contributed by atoms with Crippen LogP contribution in [-0.2, 0) is 9.53 Å². The first-order valence-corrected chi connectivity index (χ1v) is 5.71. The van der Waals surface area contributed by atoms with E-state index in [1.165, 1.54) is 0 Å². The van der Waals surface area contributed by atoms with Gasteiger partial charge in [0.2, 0.25) is 5.91 Å². The van der Waals surface area contributed by atoms with E-state index >= 15 is 0 Å². The molecule has 1 aromatic carbocycles. The molecule has 0 bridgehead atoms. The number of hydrogen-bond donors (Lipinski definition) is 2. The molecule has 5 heteroatoms. The van der Waals surface area contributed by atoms with E-state index in [9.17, 15) is 4.79 Å². The fourth-order valence-corrected chi connectivity index (χ4v) is 1.29. The number of anilines is 1. The first kappa shape index (κ1) is 13.6. The van der Waals surface area contributed by atoms with Crippen LogP contribution < -0.4 is 11.1 Å². The van der Waals surface area contributed by atoms with Crippen LogP contribution >= 0.6 is 12.2 Å². The monoisotopic (exact) mass is 252 g/mol. The highest BCUT2D eigenvalue weighted by molar-refractivity contribution is 7.80. The highest BCUT2D eigenvalue weighted by atomic mass is 32.1. The predicted molar refractivity (Wildman–Crippen MR) is 72.0 cm³/mol. The quantitative estimate of drug-likeness (QED) is 0.783. The number of amides is 1. The van der Waals surface area contributed by atoms with E-state index in [0.717, 1.165) is 5.56 Å². The van der Waals surface area contributed by atoms with Crippen LogP contribution in [0.3, 0.4) is 0 Å². The lowest BCUT2D eigenvalue weighted by atomic mass is 10.2. The summed E-state index contributed by atoms with van der Waals surface area (Å²) in [6, 6.07) is 7.03. The Labute approximate surface area is 106 Å². The van der Waals surface area contributed by atoms with Crippen molar-refractivity contribution in [2.45, 2.75) is 20.0 Å². The van der Waals surface area contributed by atoms with E-state index in [-0.39, 0.29) is 18.6 Å². The topological polar surface area (TPSA) is 64.3 Å². The van der Waals surface area contributed by atoms with Crippen LogP contribution in [0.4, 0.5) is 5.69 Å². The van der Waals surface area contributed by atoms with Crippen molar-refractivity contribution in [2.75, 3.05) is 11.9 Å². The maximum atomic E-state index is 11.4. The zero-order valence-corrected chi connectivity index (χ0v) is 10.7. The van der Waals surface area contributed by atoms with Crippen LogP contribution in [0.2, 0.25) is 0 Å². The van der Waals surface area contributed by atoms with E-state index < -0.39 is 0 Å². The van der Waals surface area contributed by atoms with Crippen molar-refractivity contribution in [3.8, 4) is 0 Å². The molecule has 0 heterocycles. The normalized spacial score (nSPS) is 10.3. The number of thiocarbonyl (C=S) groups is 1. The summed E-state index contributed by atoms with van der Waals surface area (Å²) in [7, 11) is 0. The maximum Gasteiger partial charge on any atom is 0.250 e. The fourth-order valence-electron chi connectivity index (χ4n) is 1.16. The van der Waals surface area contributed by atoms with Gasteiger partial charge >= 0.3 is 0 Å². The van der Waals surface area contributed by atoms with E-state index in [2.05, 4.69) is 5.32 Å². The molecule has 0 aliphatic rings. The summed E-state index contributed by atoms with van der Waals surface area (Å²) in [6.07, 6.45) is 0.0396. The second-order valence-corrected chi connectivity index (χ2v) is 4.29. The fraction of sp³-hybridized carbons (Fsp3) is 0.333. The largest absolute Gasteiger partial charge is 0.389 e. The second kappa shape index (κ2) is 6.32. The van der Waals surface area contributed by atoms with Gasteiger partial charge in [-0.1, -0.05) is 12.2 Å². The highest BCUT2D eigenvalue weighted by Crippen LogP contribution is 2.09. The average Bonchev–Trinajstić information content (AvgIpc) is 2.27. The molecule has 0 saturated heterocycles. The zero-order chi connectivity index (χ0) is 12.8. The minimum Gasteiger partial charge on any atom is -0.389 e. The Morgan fingerprint density at radius 2 is 2.00 bits per heavy atom. The van der Waals surface area contributed by atoms with Crippen molar-refractivity contribution < 1.29 is 9.53 Å². The lowest BCUT2D eigenvalue weighted by molar-refractivity contribution is -0.121. The second-order valence-electron chi connectivity index (χ2n) is 3.85. The van der Waals surface area contributed by atoms with E-state index in [1.54, 1.807) is 24.3 Å². The van der Waals surface area contributed by atoms with E-state index in [1.807, 2.05) is 13.8 Å². The van der Waals surface area contributed by atoms with Crippen LogP contribution in [0.1, 0.15) is 19.4 Å². The van der Waals surface area contributed by atoms with Crippen LogP contribution in [0.5, 0.6) is 0 Å². The molecule has 0 aromatic heterocycles. The van der Waals surface area contributed by atoms with Gasteiger partial charge in [-0.05, 0) is 38.1 Å². The third-order valence-electron chi connectivity index (χ3n) is 2.00. The summed E-state index contributed by atoms with van der Waals surface area (Å²) >= 11 is 4.83. The van der Waals surface area contributed by atoms with Crippen molar-refractivity contribution in [3.63, 3.8) is 0 Å². The molecule has 4 nitrogen and oxygen atoms in total. The summed E-state index contributed by atoms with van der Waals surface area (Å²) in [4.78, 5) is 11.8. The van der Waals surface area contributed by atoms with Gasteiger partial charge in [-0.25, -0.2) is 0 Å². The number of nitrogens with one attached hydrogen (secondary N) is 1. The average molecular weight is 252 g/mol. The molecule has 17 heavy (non-hydrogen) atoms. The van der Waals surface area contributed by atoms with Gasteiger partial charge in [0.15, 0.2) is 0 Å². The first-order valence-electron chi connectivity index (χ1n) is 5.30. The van der Waals surface area contributed by atoms with Gasteiger partial charge in [0.25, 0.3) is 0 Å². The molecule has 0 unspecified atom stereocenters. The van der Waals surface area contributed by atoms with Crippen molar-refractivity contribution in [1.82, 2.24) is 0 Å². The molecule has 0 atom stereocenters. The summed E-state index contributed by atoms with van der Waals surface area (Å²) in [6.45, 7) is 3.81. The van der Waals surface area contributed by atoms with Crippen molar-refractivity contribution in [3.05, 3.63) is 29.8 Å². The van der Waals surface area contributed by atoms with Crippen molar-refractivity contribution >= 4 is 28.8 Å². The maximum absolute atomic E-state index is 11.4. The Kier molecular flexibility index (Phi) is 5.06. The molecule has 3 N–H and O–H groups in total. The summed E-state index contributed by atoms with van der Waals surface area (Å²) in [5.74, 6) is -0.179. The van der Waals surface area contributed by atoms with Gasteiger partial charge in [0, 0.05) is 11.3 Å². The highest BCUT2D eigenvalue weighted by Gasteiger charge is 2.04. The summed E-state index contributed by atoms with van der Waals surface area (Å²) in [5.41, 5.74) is 6.94. The van der Waals surface area contributed by atoms with Crippen LogP contribution in [-0.4, -0.2) is 23.6 Å². The molecule has 0 spiro atoms.